The maximum Gasteiger partial charge on any atom is 0.217 e. The van der Waals surface area contributed by atoms with Crippen molar-refractivity contribution in [2.24, 2.45) is 62.1 Å². The molecule has 1 unspecified atom stereocenters. The van der Waals surface area contributed by atoms with Gasteiger partial charge >= 0.3 is 0 Å². The van der Waals surface area contributed by atoms with E-state index in [9.17, 15) is 15.3 Å². The van der Waals surface area contributed by atoms with Crippen LogP contribution in [0.5, 0.6) is 0 Å². The van der Waals surface area contributed by atoms with Crippen LogP contribution in [0.3, 0.4) is 0 Å². The lowest BCUT2D eigenvalue weighted by atomic mass is 9.32. The fourth-order valence-corrected chi connectivity index (χ4v) is 15.2. The van der Waals surface area contributed by atoms with Gasteiger partial charge in [0.2, 0.25) is 5.91 Å². The minimum Gasteiger partial charge on any atom is -0.513 e. The second kappa shape index (κ2) is 14.1. The number of aliphatic hydroxyl groups is 1. The molecule has 6 rings (SSSR count). The van der Waals surface area contributed by atoms with Crippen LogP contribution in [-0.4, -0.2) is 47.0 Å². The van der Waals surface area contributed by atoms with Crippen molar-refractivity contribution in [3.8, 4) is 0 Å². The van der Waals surface area contributed by atoms with E-state index in [1.165, 1.54) is 63.4 Å². The first-order chi connectivity index (χ1) is 24.6. The number of rotatable bonds is 10. The molecule has 1 heterocycles. The van der Waals surface area contributed by atoms with Crippen LogP contribution in [0.15, 0.2) is 36.8 Å². The number of amides is 1. The zero-order valence-corrected chi connectivity index (χ0v) is 35.4. The summed E-state index contributed by atoms with van der Waals surface area (Å²) in [5.74, 6) is 5.14. The predicted octanol–water partition coefficient (Wildman–Crippen LogP) is 11.4. The van der Waals surface area contributed by atoms with Crippen LogP contribution in [0, 0.1) is 67.5 Å². The van der Waals surface area contributed by atoms with Crippen LogP contribution >= 0.6 is 0 Å². The Morgan fingerprint density at radius 1 is 0.849 bits per heavy atom. The van der Waals surface area contributed by atoms with Crippen molar-refractivity contribution < 1.29 is 14.6 Å². The van der Waals surface area contributed by atoms with Gasteiger partial charge in [0.05, 0.1) is 17.4 Å². The molecular weight excluding hydrogens is 655 g/mol. The lowest BCUT2D eigenvalue weighted by Crippen LogP contribution is -2.66. The summed E-state index contributed by atoms with van der Waals surface area (Å²) in [6, 6.07) is 0.244. The van der Waals surface area contributed by atoms with Gasteiger partial charge in [0.15, 0.2) is 0 Å². The molecule has 53 heavy (non-hydrogen) atoms. The van der Waals surface area contributed by atoms with Crippen molar-refractivity contribution in [2.45, 2.75) is 171 Å². The van der Waals surface area contributed by atoms with Crippen LogP contribution in [0.25, 0.3) is 0 Å². The molecule has 0 aromatic rings. The van der Waals surface area contributed by atoms with Crippen LogP contribution in [0.1, 0.15) is 159 Å². The van der Waals surface area contributed by atoms with Crippen LogP contribution in [0.4, 0.5) is 0 Å². The summed E-state index contributed by atoms with van der Waals surface area (Å²) in [6.45, 7) is 35.9. The maximum absolute atomic E-state index is 11.7. The second-order valence-corrected chi connectivity index (χ2v) is 21.7. The van der Waals surface area contributed by atoms with E-state index in [-0.39, 0.29) is 50.9 Å². The number of nitrogens with zero attached hydrogens (tertiary/aromatic N) is 1. The molecule has 1 aliphatic heterocycles. The fraction of sp³-hybridized carbons (Fsp3) is 0.830. The van der Waals surface area contributed by atoms with Gasteiger partial charge in [0.25, 0.3) is 0 Å². The van der Waals surface area contributed by atoms with Gasteiger partial charge in [-0.25, -0.2) is 0 Å². The van der Waals surface area contributed by atoms with Crippen LogP contribution < -0.4 is 5.32 Å². The van der Waals surface area contributed by atoms with E-state index in [0.717, 1.165) is 56.8 Å². The van der Waals surface area contributed by atoms with E-state index in [0.29, 0.717) is 41.4 Å². The lowest BCUT2D eigenvalue weighted by Gasteiger charge is -2.73. The number of carbonyl (C=O) groups is 1. The molecule has 1 saturated heterocycles. The molecule has 5 aliphatic carbocycles. The average Bonchev–Trinajstić information content (AvgIpc) is 3.41. The second-order valence-electron chi connectivity index (χ2n) is 21.7. The summed E-state index contributed by atoms with van der Waals surface area (Å²) < 4.78 is 6.82. The summed E-state index contributed by atoms with van der Waals surface area (Å²) in [5, 5.41) is 22.5. The summed E-state index contributed by atoms with van der Waals surface area (Å²) in [4.78, 5) is 14.0. The minimum absolute atomic E-state index is 0.0505. The minimum atomic E-state index is -0.136. The zero-order chi connectivity index (χ0) is 38.9. The Hall–Kier alpha value is -2.24. The van der Waals surface area contributed by atoms with Crippen molar-refractivity contribution in [1.82, 2.24) is 10.2 Å². The highest BCUT2D eigenvalue weighted by atomic mass is 16.5. The molecule has 6 heteroatoms. The Balaban J connectivity index is 1.20. The molecule has 298 valence electrons. The fourth-order valence-electron chi connectivity index (χ4n) is 15.2. The van der Waals surface area contributed by atoms with Crippen molar-refractivity contribution in [3.05, 3.63) is 36.8 Å². The highest BCUT2D eigenvalue weighted by molar-refractivity contribution is 5.80. The monoisotopic (exact) mass is 732 g/mol. The molecule has 0 spiro atoms. The maximum atomic E-state index is 11.7. The Bertz CT molecular complexity index is 1470. The standard InChI is InChI=1S/C47H77N3O3/c1-30(2)35-15-22-47(29-40(48)50-25-18-34(19-26-50)49-33(5)52)24-23-45(11)36(41(35)47)13-14-38-44(10)20-17-39(43(8,9)37(44)16-21-46(38,45)12)53-32(4)28-42(6,7)27-31(3)51/h34-39,41,48,51H,1,3-4,13-29H2,2,5-12H3,(H,49,52)/t35-,36?,37-,38+,39-,41+,44-,45+,46+,47+/m0/s1. The summed E-state index contributed by atoms with van der Waals surface area (Å²) in [5.41, 5.74) is 2.34. The normalized spacial score (nSPS) is 40.9. The molecule has 0 aromatic carbocycles. The SMILES string of the molecule is C=C(O)CC(C)(C)CC(=C)O[C@H]1CC[C@]2(C)[C@H]3CCC4[C@H]5[C@H](C(=C)C)CC[C@]5(CC(=N)N5CCC(NC(C)=O)CC5)CC[C@@]4(C)[C@]3(C)CC[C@H]2C1(C)C. The number of carbonyl (C=O) groups excluding carboxylic acids is 1. The van der Waals surface area contributed by atoms with Crippen LogP contribution in [0.2, 0.25) is 0 Å². The number of ether oxygens (including phenoxy) is 1. The highest BCUT2D eigenvalue weighted by Crippen LogP contribution is 2.78. The number of amidine groups is 1. The Morgan fingerprint density at radius 2 is 1.53 bits per heavy atom. The highest BCUT2D eigenvalue weighted by Gasteiger charge is 2.71. The third-order valence-corrected chi connectivity index (χ3v) is 17.6. The molecule has 6 nitrogen and oxygen atoms in total. The number of fused-ring (bicyclic) bond motifs is 7. The quantitative estimate of drug-likeness (QED) is 0.0904. The number of likely N-dealkylation sites (tertiary alicyclic amines) is 1. The number of allylic oxidation sites excluding steroid dienone is 3. The van der Waals surface area contributed by atoms with Crippen molar-refractivity contribution in [2.75, 3.05) is 13.1 Å². The van der Waals surface area contributed by atoms with Gasteiger partial charge in [-0.2, -0.15) is 0 Å². The smallest absolute Gasteiger partial charge is 0.217 e. The average molecular weight is 732 g/mol. The molecule has 10 atom stereocenters. The zero-order valence-electron chi connectivity index (χ0n) is 35.4. The van der Waals surface area contributed by atoms with E-state index in [4.69, 9.17) is 4.74 Å². The third-order valence-electron chi connectivity index (χ3n) is 17.6. The Kier molecular flexibility index (Phi) is 10.7. The molecule has 6 aliphatic rings. The van der Waals surface area contributed by atoms with E-state index in [2.05, 4.69) is 85.3 Å². The molecule has 6 fully saturated rings. The molecular formula is C47H77N3O3. The molecule has 1 amide bonds. The lowest BCUT2D eigenvalue weighted by molar-refractivity contribution is -0.248. The van der Waals surface area contributed by atoms with E-state index < -0.39 is 0 Å². The van der Waals surface area contributed by atoms with Gasteiger partial charge in [0.1, 0.15) is 6.10 Å². The van der Waals surface area contributed by atoms with Crippen molar-refractivity contribution in [3.63, 3.8) is 0 Å². The number of aliphatic hydroxyl groups excluding tert-OH is 1. The van der Waals surface area contributed by atoms with E-state index in [1.54, 1.807) is 6.92 Å². The molecule has 0 bridgehead atoms. The van der Waals surface area contributed by atoms with E-state index in [1.807, 2.05) is 0 Å². The first-order valence-corrected chi connectivity index (χ1v) is 21.5. The predicted molar refractivity (Wildman–Crippen MR) is 219 cm³/mol. The molecule has 0 aromatic heterocycles. The van der Waals surface area contributed by atoms with Gasteiger partial charge in [-0.3, -0.25) is 10.2 Å². The number of hydrogen-bond donors (Lipinski definition) is 3. The van der Waals surface area contributed by atoms with Gasteiger partial charge < -0.3 is 20.1 Å². The number of hydrogen-bond acceptors (Lipinski definition) is 4. The Labute approximate surface area is 323 Å². The number of nitrogens with one attached hydrogen (secondary N) is 2. The number of piperidine rings is 1. The van der Waals surface area contributed by atoms with Crippen LogP contribution in [-0.2, 0) is 9.53 Å². The topological polar surface area (TPSA) is 85.7 Å². The van der Waals surface area contributed by atoms with Crippen molar-refractivity contribution in [1.29, 1.82) is 5.41 Å². The first-order valence-electron chi connectivity index (χ1n) is 21.5. The largest absolute Gasteiger partial charge is 0.513 e. The van der Waals surface area contributed by atoms with E-state index >= 15 is 0 Å². The van der Waals surface area contributed by atoms with Gasteiger partial charge in [-0.05, 0) is 141 Å². The van der Waals surface area contributed by atoms with Crippen molar-refractivity contribution >= 4 is 11.7 Å². The molecule has 5 saturated carbocycles. The van der Waals surface area contributed by atoms with Gasteiger partial charge in [-0.15, -0.1) is 0 Å². The van der Waals surface area contributed by atoms with Gasteiger partial charge in [0, 0.05) is 50.7 Å². The third kappa shape index (κ3) is 6.95. The summed E-state index contributed by atoms with van der Waals surface area (Å²) >= 11 is 0. The summed E-state index contributed by atoms with van der Waals surface area (Å²) in [7, 11) is 0. The summed E-state index contributed by atoms with van der Waals surface area (Å²) in [6.07, 6.45) is 16.7. The van der Waals surface area contributed by atoms with Gasteiger partial charge in [-0.1, -0.05) is 73.8 Å². The first kappa shape index (κ1) is 40.4. The molecule has 0 radical (unpaired) electrons. The Morgan fingerprint density at radius 3 is 2.15 bits per heavy atom. The molecule has 3 N–H and O–H groups in total.